The first-order valence-electron chi connectivity index (χ1n) is 5.20. The molecule has 0 aliphatic heterocycles. The molecule has 2 aromatic rings. The van der Waals surface area contributed by atoms with Gasteiger partial charge >= 0.3 is 0 Å². The van der Waals surface area contributed by atoms with E-state index < -0.39 is 0 Å². The second-order valence-corrected chi connectivity index (χ2v) is 3.46. The molecular formula is C13H14N2O. The summed E-state index contributed by atoms with van der Waals surface area (Å²) in [6, 6.07) is 11.7. The van der Waals surface area contributed by atoms with Crippen molar-refractivity contribution < 1.29 is 4.74 Å². The van der Waals surface area contributed by atoms with Gasteiger partial charge in [-0.15, -0.1) is 0 Å². The van der Waals surface area contributed by atoms with Gasteiger partial charge in [0.25, 0.3) is 0 Å². The maximum Gasteiger partial charge on any atom is 0.130 e. The Labute approximate surface area is 95.1 Å². The van der Waals surface area contributed by atoms with Crippen molar-refractivity contribution in [3.63, 3.8) is 0 Å². The Kier molecular flexibility index (Phi) is 3.51. The number of hydrogen-bond acceptors (Lipinski definition) is 3. The van der Waals surface area contributed by atoms with Crippen molar-refractivity contribution in [1.82, 2.24) is 10.3 Å². The predicted molar refractivity (Wildman–Crippen MR) is 63.5 cm³/mol. The number of nitrogens with zero attached hydrogens (tertiary/aromatic N) is 1. The first-order valence-corrected chi connectivity index (χ1v) is 5.20. The van der Waals surface area contributed by atoms with Gasteiger partial charge in [-0.3, -0.25) is 4.98 Å². The first-order chi connectivity index (χ1) is 7.88. The largest absolute Gasteiger partial charge is 0.457 e. The monoisotopic (exact) mass is 214 g/mol. The topological polar surface area (TPSA) is 34.1 Å². The lowest BCUT2D eigenvalue weighted by Gasteiger charge is -2.06. The van der Waals surface area contributed by atoms with Gasteiger partial charge in [-0.25, -0.2) is 0 Å². The Morgan fingerprint density at radius 3 is 2.25 bits per heavy atom. The van der Waals surface area contributed by atoms with E-state index in [1.54, 1.807) is 12.4 Å². The predicted octanol–water partition coefficient (Wildman–Crippen LogP) is 2.59. The van der Waals surface area contributed by atoms with E-state index in [2.05, 4.69) is 10.3 Å². The number of rotatable bonds is 4. The average molecular weight is 214 g/mol. The molecule has 0 atom stereocenters. The molecule has 0 saturated heterocycles. The normalized spacial score (nSPS) is 10.1. The fourth-order valence-electron chi connectivity index (χ4n) is 1.42. The summed E-state index contributed by atoms with van der Waals surface area (Å²) in [6.07, 6.45) is 3.43. The van der Waals surface area contributed by atoms with Crippen LogP contribution in [-0.4, -0.2) is 12.0 Å². The fraction of sp³-hybridized carbons (Fsp3) is 0.154. The van der Waals surface area contributed by atoms with Crippen LogP contribution in [0.4, 0.5) is 0 Å². The van der Waals surface area contributed by atoms with Crippen molar-refractivity contribution in [2.45, 2.75) is 6.54 Å². The molecule has 1 aromatic heterocycles. The minimum Gasteiger partial charge on any atom is -0.457 e. The highest BCUT2D eigenvalue weighted by molar-refractivity contribution is 5.32. The minimum atomic E-state index is 0.802. The fourth-order valence-corrected chi connectivity index (χ4v) is 1.42. The summed E-state index contributed by atoms with van der Waals surface area (Å²) in [5.74, 6) is 1.64. The summed E-state index contributed by atoms with van der Waals surface area (Å²) >= 11 is 0. The molecular weight excluding hydrogens is 200 g/mol. The van der Waals surface area contributed by atoms with Crippen LogP contribution in [-0.2, 0) is 6.54 Å². The molecule has 0 unspecified atom stereocenters. The zero-order chi connectivity index (χ0) is 11.2. The van der Waals surface area contributed by atoms with E-state index in [1.807, 2.05) is 43.4 Å². The summed E-state index contributed by atoms with van der Waals surface area (Å²) in [6.45, 7) is 0.871. The van der Waals surface area contributed by atoms with Crippen molar-refractivity contribution >= 4 is 0 Å². The highest BCUT2D eigenvalue weighted by Gasteiger charge is 1.96. The molecule has 0 aliphatic rings. The number of ether oxygens (including phenoxy) is 1. The smallest absolute Gasteiger partial charge is 0.130 e. The van der Waals surface area contributed by atoms with Gasteiger partial charge < -0.3 is 10.1 Å². The van der Waals surface area contributed by atoms with Crippen LogP contribution in [0.5, 0.6) is 11.5 Å². The highest BCUT2D eigenvalue weighted by Crippen LogP contribution is 2.20. The molecule has 0 aliphatic carbocycles. The van der Waals surface area contributed by atoms with Crippen LogP contribution in [0.1, 0.15) is 5.56 Å². The molecule has 0 amide bonds. The molecule has 0 saturated carbocycles. The van der Waals surface area contributed by atoms with E-state index in [0.717, 1.165) is 18.0 Å². The third kappa shape index (κ3) is 2.81. The second kappa shape index (κ2) is 5.28. The number of aromatic nitrogens is 1. The summed E-state index contributed by atoms with van der Waals surface area (Å²) in [5, 5.41) is 3.10. The number of nitrogens with one attached hydrogen (secondary N) is 1. The molecule has 0 spiro atoms. The van der Waals surface area contributed by atoms with E-state index in [-0.39, 0.29) is 0 Å². The standard InChI is InChI=1S/C13H14N2O/c1-14-10-11-2-4-12(5-3-11)16-13-6-8-15-9-7-13/h2-9,14H,10H2,1H3. The van der Waals surface area contributed by atoms with Gasteiger partial charge in [0.05, 0.1) is 0 Å². The SMILES string of the molecule is CNCc1ccc(Oc2ccncc2)cc1. The van der Waals surface area contributed by atoms with Gasteiger partial charge in [-0.1, -0.05) is 12.1 Å². The van der Waals surface area contributed by atoms with Gasteiger partial charge in [-0.2, -0.15) is 0 Å². The maximum absolute atomic E-state index is 5.65. The Balaban J connectivity index is 2.05. The molecule has 3 nitrogen and oxygen atoms in total. The third-order valence-corrected chi connectivity index (χ3v) is 2.19. The molecule has 1 heterocycles. The average Bonchev–Trinajstić information content (AvgIpc) is 2.33. The molecule has 0 fully saturated rings. The maximum atomic E-state index is 5.65. The van der Waals surface area contributed by atoms with Gasteiger partial charge in [-0.05, 0) is 36.9 Å². The van der Waals surface area contributed by atoms with Crippen molar-refractivity contribution in [3.05, 3.63) is 54.4 Å². The third-order valence-electron chi connectivity index (χ3n) is 2.19. The van der Waals surface area contributed by atoms with Crippen molar-refractivity contribution in [2.24, 2.45) is 0 Å². The summed E-state index contributed by atoms with van der Waals surface area (Å²) < 4.78 is 5.65. The molecule has 16 heavy (non-hydrogen) atoms. The summed E-state index contributed by atoms with van der Waals surface area (Å²) in [7, 11) is 1.93. The zero-order valence-corrected chi connectivity index (χ0v) is 9.18. The van der Waals surface area contributed by atoms with Gasteiger partial charge in [0.2, 0.25) is 0 Å². The van der Waals surface area contributed by atoms with Crippen molar-refractivity contribution in [2.75, 3.05) is 7.05 Å². The molecule has 1 N–H and O–H groups in total. The highest BCUT2D eigenvalue weighted by atomic mass is 16.5. The lowest BCUT2D eigenvalue weighted by molar-refractivity contribution is 0.481. The van der Waals surface area contributed by atoms with Crippen LogP contribution < -0.4 is 10.1 Å². The Hall–Kier alpha value is -1.87. The Morgan fingerprint density at radius 1 is 1.00 bits per heavy atom. The lowest BCUT2D eigenvalue weighted by atomic mass is 10.2. The van der Waals surface area contributed by atoms with Crippen LogP contribution in [0.2, 0.25) is 0 Å². The van der Waals surface area contributed by atoms with E-state index in [1.165, 1.54) is 5.56 Å². The van der Waals surface area contributed by atoms with E-state index in [9.17, 15) is 0 Å². The van der Waals surface area contributed by atoms with Crippen LogP contribution in [0.3, 0.4) is 0 Å². The van der Waals surface area contributed by atoms with Crippen LogP contribution >= 0.6 is 0 Å². The molecule has 82 valence electrons. The minimum absolute atomic E-state index is 0.802. The summed E-state index contributed by atoms with van der Waals surface area (Å²) in [4.78, 5) is 3.94. The summed E-state index contributed by atoms with van der Waals surface area (Å²) in [5.41, 5.74) is 1.24. The quantitative estimate of drug-likeness (QED) is 0.849. The zero-order valence-electron chi connectivity index (χ0n) is 9.18. The van der Waals surface area contributed by atoms with E-state index in [0.29, 0.717) is 0 Å². The number of hydrogen-bond donors (Lipinski definition) is 1. The number of benzene rings is 1. The van der Waals surface area contributed by atoms with Crippen molar-refractivity contribution in [3.8, 4) is 11.5 Å². The number of pyridine rings is 1. The molecule has 0 bridgehead atoms. The molecule has 2 rings (SSSR count). The van der Waals surface area contributed by atoms with Gasteiger partial charge in [0.1, 0.15) is 11.5 Å². The molecule has 0 radical (unpaired) electrons. The van der Waals surface area contributed by atoms with Crippen LogP contribution in [0.15, 0.2) is 48.8 Å². The van der Waals surface area contributed by atoms with E-state index in [4.69, 9.17) is 4.74 Å². The van der Waals surface area contributed by atoms with Crippen LogP contribution in [0.25, 0.3) is 0 Å². The van der Waals surface area contributed by atoms with Crippen molar-refractivity contribution in [1.29, 1.82) is 0 Å². The second-order valence-electron chi connectivity index (χ2n) is 3.46. The molecule has 3 heteroatoms. The molecule has 1 aromatic carbocycles. The van der Waals surface area contributed by atoms with Gasteiger partial charge in [0.15, 0.2) is 0 Å². The lowest BCUT2D eigenvalue weighted by Crippen LogP contribution is -2.04. The van der Waals surface area contributed by atoms with Gasteiger partial charge in [0, 0.05) is 18.9 Å². The first kappa shape index (κ1) is 10.6. The van der Waals surface area contributed by atoms with Crippen LogP contribution in [0, 0.1) is 0 Å². The Morgan fingerprint density at radius 2 is 1.62 bits per heavy atom. The van der Waals surface area contributed by atoms with E-state index >= 15 is 0 Å². The Bertz CT molecular complexity index is 425.